The van der Waals surface area contributed by atoms with Gasteiger partial charge in [0.25, 0.3) is 0 Å². The molecular formula is C17H31N3O. The van der Waals surface area contributed by atoms with Crippen LogP contribution >= 0.6 is 0 Å². The standard InChI is InChI=1S/C17H31N3O/c1-3-17(4-2)20-10-9-16(19-20)12-18-11-14-7-5-6-8-15(14)13-21/h9-10,14-15,17-18,21H,3-8,11-13H2,1-2H3. The van der Waals surface area contributed by atoms with E-state index in [1.165, 1.54) is 25.7 Å². The van der Waals surface area contributed by atoms with Gasteiger partial charge in [-0.2, -0.15) is 5.10 Å². The second-order valence-corrected chi connectivity index (χ2v) is 6.38. The van der Waals surface area contributed by atoms with E-state index in [9.17, 15) is 5.11 Å². The molecule has 0 amide bonds. The third kappa shape index (κ3) is 4.55. The lowest BCUT2D eigenvalue weighted by atomic mass is 9.79. The lowest BCUT2D eigenvalue weighted by molar-refractivity contribution is 0.133. The predicted octanol–water partition coefficient (Wildman–Crippen LogP) is 3.13. The number of hydrogen-bond acceptors (Lipinski definition) is 3. The number of nitrogens with one attached hydrogen (secondary N) is 1. The monoisotopic (exact) mass is 293 g/mol. The van der Waals surface area contributed by atoms with Crippen molar-refractivity contribution in [2.75, 3.05) is 13.2 Å². The Morgan fingerprint density at radius 3 is 2.67 bits per heavy atom. The fourth-order valence-corrected chi connectivity index (χ4v) is 3.52. The number of hydrogen-bond donors (Lipinski definition) is 2. The molecule has 1 aliphatic rings. The summed E-state index contributed by atoms with van der Waals surface area (Å²) < 4.78 is 2.11. The third-order valence-electron chi connectivity index (χ3n) is 4.99. The molecule has 21 heavy (non-hydrogen) atoms. The molecule has 2 N–H and O–H groups in total. The molecule has 2 rings (SSSR count). The van der Waals surface area contributed by atoms with Crippen LogP contribution in [-0.2, 0) is 6.54 Å². The molecule has 0 spiro atoms. The first-order chi connectivity index (χ1) is 10.3. The van der Waals surface area contributed by atoms with Crippen LogP contribution in [0.5, 0.6) is 0 Å². The summed E-state index contributed by atoms with van der Waals surface area (Å²) in [5.41, 5.74) is 1.12. The fraction of sp³-hybridized carbons (Fsp3) is 0.824. The molecule has 0 saturated heterocycles. The molecule has 1 aromatic heterocycles. The van der Waals surface area contributed by atoms with E-state index in [1.807, 2.05) is 0 Å². The van der Waals surface area contributed by atoms with E-state index in [4.69, 9.17) is 0 Å². The molecule has 120 valence electrons. The number of aromatic nitrogens is 2. The van der Waals surface area contributed by atoms with Crippen LogP contribution in [0.1, 0.15) is 64.1 Å². The molecule has 0 radical (unpaired) electrons. The van der Waals surface area contributed by atoms with Crippen molar-refractivity contribution in [3.05, 3.63) is 18.0 Å². The van der Waals surface area contributed by atoms with Crippen molar-refractivity contribution < 1.29 is 5.11 Å². The number of aliphatic hydroxyl groups excluding tert-OH is 1. The Hall–Kier alpha value is -0.870. The summed E-state index contributed by atoms with van der Waals surface area (Å²) in [6, 6.07) is 2.64. The molecule has 1 aliphatic carbocycles. The molecule has 1 fully saturated rings. The van der Waals surface area contributed by atoms with Crippen molar-refractivity contribution in [1.29, 1.82) is 0 Å². The van der Waals surface area contributed by atoms with E-state index in [0.29, 0.717) is 24.5 Å². The van der Waals surface area contributed by atoms with Crippen LogP contribution in [0.25, 0.3) is 0 Å². The van der Waals surface area contributed by atoms with E-state index >= 15 is 0 Å². The molecule has 2 atom stereocenters. The lowest BCUT2D eigenvalue weighted by Gasteiger charge is -2.30. The van der Waals surface area contributed by atoms with Gasteiger partial charge >= 0.3 is 0 Å². The predicted molar refractivity (Wildman–Crippen MR) is 86.1 cm³/mol. The summed E-state index contributed by atoms with van der Waals surface area (Å²) in [6.45, 7) is 6.61. The Balaban J connectivity index is 1.78. The maximum atomic E-state index is 9.45. The van der Waals surface area contributed by atoms with Crippen LogP contribution in [0.2, 0.25) is 0 Å². The Labute approximate surface area is 128 Å². The Morgan fingerprint density at radius 2 is 2.00 bits per heavy atom. The topological polar surface area (TPSA) is 50.1 Å². The number of rotatable bonds is 8. The summed E-state index contributed by atoms with van der Waals surface area (Å²) in [6.07, 6.45) is 9.39. The minimum Gasteiger partial charge on any atom is -0.396 e. The van der Waals surface area contributed by atoms with Crippen LogP contribution in [-0.4, -0.2) is 28.0 Å². The van der Waals surface area contributed by atoms with Gasteiger partial charge in [-0.1, -0.05) is 26.7 Å². The first-order valence-electron chi connectivity index (χ1n) is 8.64. The highest BCUT2D eigenvalue weighted by atomic mass is 16.3. The van der Waals surface area contributed by atoms with Gasteiger partial charge in [0.1, 0.15) is 0 Å². The maximum Gasteiger partial charge on any atom is 0.0762 e. The van der Waals surface area contributed by atoms with E-state index in [1.54, 1.807) is 0 Å². The first kappa shape index (κ1) is 16.5. The van der Waals surface area contributed by atoms with E-state index in [-0.39, 0.29) is 0 Å². The largest absolute Gasteiger partial charge is 0.396 e. The van der Waals surface area contributed by atoms with Crippen LogP contribution in [0.15, 0.2) is 12.3 Å². The Bertz CT molecular complexity index is 400. The van der Waals surface area contributed by atoms with Crippen LogP contribution in [0.4, 0.5) is 0 Å². The molecule has 0 aliphatic heterocycles. The highest BCUT2D eigenvalue weighted by Gasteiger charge is 2.23. The molecule has 4 nitrogen and oxygen atoms in total. The van der Waals surface area contributed by atoms with E-state index in [2.05, 4.69) is 41.2 Å². The highest BCUT2D eigenvalue weighted by molar-refractivity contribution is 4.99. The van der Waals surface area contributed by atoms with Gasteiger partial charge < -0.3 is 10.4 Å². The lowest BCUT2D eigenvalue weighted by Crippen LogP contribution is -2.32. The molecule has 1 saturated carbocycles. The molecular weight excluding hydrogens is 262 g/mol. The van der Waals surface area contributed by atoms with Crippen molar-refractivity contribution in [3.8, 4) is 0 Å². The zero-order chi connectivity index (χ0) is 15.1. The van der Waals surface area contributed by atoms with Gasteiger partial charge in [-0.15, -0.1) is 0 Å². The van der Waals surface area contributed by atoms with Crippen molar-refractivity contribution in [3.63, 3.8) is 0 Å². The zero-order valence-corrected chi connectivity index (χ0v) is 13.6. The first-order valence-corrected chi connectivity index (χ1v) is 8.64. The van der Waals surface area contributed by atoms with Gasteiger partial charge in [-0.3, -0.25) is 4.68 Å². The van der Waals surface area contributed by atoms with Gasteiger partial charge in [0.05, 0.1) is 11.7 Å². The van der Waals surface area contributed by atoms with Crippen molar-refractivity contribution in [2.45, 2.75) is 65.0 Å². The minimum absolute atomic E-state index is 0.343. The molecule has 4 heteroatoms. The summed E-state index contributed by atoms with van der Waals surface area (Å²) in [7, 11) is 0. The second-order valence-electron chi connectivity index (χ2n) is 6.38. The normalized spacial score (nSPS) is 22.9. The number of aliphatic hydroxyl groups is 1. The van der Waals surface area contributed by atoms with Crippen LogP contribution in [0, 0.1) is 11.8 Å². The summed E-state index contributed by atoms with van der Waals surface area (Å²) >= 11 is 0. The van der Waals surface area contributed by atoms with Crippen molar-refractivity contribution >= 4 is 0 Å². The summed E-state index contributed by atoms with van der Waals surface area (Å²) in [5.74, 6) is 1.12. The molecule has 2 unspecified atom stereocenters. The highest BCUT2D eigenvalue weighted by Crippen LogP contribution is 2.29. The summed E-state index contributed by atoms with van der Waals surface area (Å²) in [4.78, 5) is 0. The van der Waals surface area contributed by atoms with Gasteiger partial charge in [-0.25, -0.2) is 0 Å². The summed E-state index contributed by atoms with van der Waals surface area (Å²) in [5, 5.41) is 17.7. The number of nitrogens with zero attached hydrogens (tertiary/aromatic N) is 2. The zero-order valence-electron chi connectivity index (χ0n) is 13.6. The van der Waals surface area contributed by atoms with Gasteiger partial charge in [0.15, 0.2) is 0 Å². The SMILES string of the molecule is CCC(CC)n1ccc(CNCC2CCCCC2CO)n1. The average Bonchev–Trinajstić information content (AvgIpc) is 2.98. The van der Waals surface area contributed by atoms with Gasteiger partial charge in [0, 0.05) is 19.3 Å². The fourth-order valence-electron chi connectivity index (χ4n) is 3.52. The quantitative estimate of drug-likeness (QED) is 0.774. The van der Waals surface area contributed by atoms with Crippen LogP contribution < -0.4 is 5.32 Å². The van der Waals surface area contributed by atoms with Crippen molar-refractivity contribution in [2.24, 2.45) is 11.8 Å². The third-order valence-corrected chi connectivity index (χ3v) is 4.99. The molecule has 1 aromatic rings. The van der Waals surface area contributed by atoms with Crippen LogP contribution in [0.3, 0.4) is 0 Å². The molecule has 0 aromatic carbocycles. The van der Waals surface area contributed by atoms with E-state index in [0.717, 1.165) is 31.6 Å². The molecule has 1 heterocycles. The second kappa shape index (κ2) is 8.54. The minimum atomic E-state index is 0.343. The Morgan fingerprint density at radius 1 is 1.29 bits per heavy atom. The molecule has 0 bridgehead atoms. The Kier molecular flexibility index (Phi) is 6.71. The van der Waals surface area contributed by atoms with Gasteiger partial charge in [0.2, 0.25) is 0 Å². The smallest absolute Gasteiger partial charge is 0.0762 e. The van der Waals surface area contributed by atoms with Crippen molar-refractivity contribution in [1.82, 2.24) is 15.1 Å². The average molecular weight is 293 g/mol. The maximum absolute atomic E-state index is 9.45. The van der Waals surface area contributed by atoms with Gasteiger partial charge in [-0.05, 0) is 50.1 Å². The van der Waals surface area contributed by atoms with E-state index < -0.39 is 0 Å².